The van der Waals surface area contributed by atoms with Gasteiger partial charge in [0.1, 0.15) is 6.10 Å². The molecule has 2 heterocycles. The summed E-state index contributed by atoms with van der Waals surface area (Å²) in [6.45, 7) is 5.63. The maximum atomic E-state index is 8.98. The number of rotatable bonds is 8. The quantitative estimate of drug-likeness (QED) is 0.593. The molecule has 0 saturated heterocycles. The molecular formula is C20H24N6O2. The molecule has 0 saturated carbocycles. The van der Waals surface area contributed by atoms with Crippen LogP contribution in [-0.4, -0.2) is 38.5 Å². The molecule has 1 aromatic carbocycles. The van der Waals surface area contributed by atoms with Crippen molar-refractivity contribution in [2.24, 2.45) is 7.05 Å². The van der Waals surface area contributed by atoms with Crippen LogP contribution in [0, 0.1) is 11.3 Å². The summed E-state index contributed by atoms with van der Waals surface area (Å²) in [4.78, 5) is 6.51. The molecule has 146 valence electrons. The standard InChI is InChI=1S/C20H24N6O2/c1-5-27-14(2)20-22-18(28-24-20)13-25(3)11-17-12-26(4)23-19(17)16-8-6-15(10-21)7-9-16/h6-9,12,14H,5,11,13H2,1-4H3. The van der Waals surface area contributed by atoms with E-state index in [1.165, 1.54) is 0 Å². The van der Waals surface area contributed by atoms with E-state index in [1.54, 1.807) is 16.8 Å². The molecule has 0 spiro atoms. The van der Waals surface area contributed by atoms with Crippen LogP contribution in [0.2, 0.25) is 0 Å². The summed E-state index contributed by atoms with van der Waals surface area (Å²) < 4.78 is 12.6. The fraction of sp³-hybridized carbons (Fsp3) is 0.400. The van der Waals surface area contributed by atoms with Gasteiger partial charge in [0.25, 0.3) is 0 Å². The van der Waals surface area contributed by atoms with E-state index < -0.39 is 0 Å². The Morgan fingerprint density at radius 3 is 2.71 bits per heavy atom. The van der Waals surface area contributed by atoms with Gasteiger partial charge in [-0.25, -0.2) is 0 Å². The van der Waals surface area contributed by atoms with Crippen LogP contribution in [-0.2, 0) is 24.9 Å². The molecule has 0 N–H and O–H groups in total. The lowest BCUT2D eigenvalue weighted by Crippen LogP contribution is -2.17. The molecule has 3 aromatic rings. The smallest absolute Gasteiger partial charge is 0.240 e. The maximum absolute atomic E-state index is 8.98. The third-order valence-corrected chi connectivity index (χ3v) is 4.30. The molecule has 0 bridgehead atoms. The minimum Gasteiger partial charge on any atom is -0.371 e. The van der Waals surface area contributed by atoms with Crippen molar-refractivity contribution in [3.05, 3.63) is 53.3 Å². The largest absolute Gasteiger partial charge is 0.371 e. The number of benzene rings is 1. The summed E-state index contributed by atoms with van der Waals surface area (Å²) in [6.07, 6.45) is 1.81. The maximum Gasteiger partial charge on any atom is 0.240 e. The number of nitriles is 1. The van der Waals surface area contributed by atoms with Gasteiger partial charge in [-0.1, -0.05) is 17.3 Å². The van der Waals surface area contributed by atoms with Crippen LogP contribution in [0.15, 0.2) is 35.0 Å². The van der Waals surface area contributed by atoms with Gasteiger partial charge in [-0.3, -0.25) is 9.58 Å². The summed E-state index contributed by atoms with van der Waals surface area (Å²) in [7, 11) is 3.89. The summed E-state index contributed by atoms with van der Waals surface area (Å²) in [5.74, 6) is 1.11. The van der Waals surface area contributed by atoms with E-state index >= 15 is 0 Å². The van der Waals surface area contributed by atoms with Crippen molar-refractivity contribution in [1.82, 2.24) is 24.8 Å². The predicted molar refractivity (Wildman–Crippen MR) is 103 cm³/mol. The second kappa shape index (κ2) is 8.78. The van der Waals surface area contributed by atoms with Crippen LogP contribution in [0.4, 0.5) is 0 Å². The summed E-state index contributed by atoms with van der Waals surface area (Å²) in [5, 5.41) is 17.6. The molecule has 8 nitrogen and oxygen atoms in total. The Balaban J connectivity index is 1.71. The van der Waals surface area contributed by atoms with Crippen LogP contribution >= 0.6 is 0 Å². The van der Waals surface area contributed by atoms with Gasteiger partial charge in [0.15, 0.2) is 5.82 Å². The van der Waals surface area contributed by atoms with Crippen molar-refractivity contribution in [2.75, 3.05) is 13.7 Å². The summed E-state index contributed by atoms with van der Waals surface area (Å²) >= 11 is 0. The van der Waals surface area contributed by atoms with E-state index in [0.717, 1.165) is 16.8 Å². The van der Waals surface area contributed by atoms with Crippen LogP contribution in [0.3, 0.4) is 0 Å². The highest BCUT2D eigenvalue weighted by molar-refractivity contribution is 5.63. The third kappa shape index (κ3) is 4.63. The molecule has 3 rings (SSSR count). The first kappa shape index (κ1) is 19.7. The van der Waals surface area contributed by atoms with E-state index in [9.17, 15) is 0 Å². The lowest BCUT2D eigenvalue weighted by molar-refractivity contribution is 0.0683. The monoisotopic (exact) mass is 380 g/mol. The predicted octanol–water partition coefficient (Wildman–Crippen LogP) is 3.07. The fourth-order valence-electron chi connectivity index (χ4n) is 3.00. The van der Waals surface area contributed by atoms with Crippen LogP contribution in [0.5, 0.6) is 0 Å². The van der Waals surface area contributed by atoms with Gasteiger partial charge < -0.3 is 9.26 Å². The number of aryl methyl sites for hydroxylation is 1. The van der Waals surface area contributed by atoms with Crippen molar-refractivity contribution in [2.45, 2.75) is 33.0 Å². The van der Waals surface area contributed by atoms with Gasteiger partial charge in [0.05, 0.1) is 23.9 Å². The summed E-state index contributed by atoms with van der Waals surface area (Å²) in [6, 6.07) is 9.58. The molecule has 0 amide bonds. The van der Waals surface area contributed by atoms with Crippen molar-refractivity contribution in [1.29, 1.82) is 5.26 Å². The average Bonchev–Trinajstić information content (AvgIpc) is 3.28. The number of hydrogen-bond acceptors (Lipinski definition) is 7. The number of hydrogen-bond donors (Lipinski definition) is 0. The first-order valence-corrected chi connectivity index (χ1v) is 9.15. The lowest BCUT2D eigenvalue weighted by atomic mass is 10.1. The lowest BCUT2D eigenvalue weighted by Gasteiger charge is -2.14. The first-order valence-electron chi connectivity index (χ1n) is 9.15. The van der Waals surface area contributed by atoms with Crippen LogP contribution < -0.4 is 0 Å². The summed E-state index contributed by atoms with van der Waals surface area (Å²) in [5.41, 5.74) is 3.59. The Labute approximate surface area is 164 Å². The normalized spacial score (nSPS) is 12.3. The molecule has 1 atom stereocenters. The zero-order valence-electron chi connectivity index (χ0n) is 16.6. The van der Waals surface area contributed by atoms with Gasteiger partial charge in [-0.2, -0.15) is 15.3 Å². The van der Waals surface area contributed by atoms with Gasteiger partial charge >= 0.3 is 0 Å². The molecule has 0 aliphatic heterocycles. The Kier molecular flexibility index (Phi) is 6.19. The number of aromatic nitrogens is 4. The molecule has 1 unspecified atom stereocenters. The Morgan fingerprint density at radius 2 is 2.04 bits per heavy atom. The number of ether oxygens (including phenoxy) is 1. The van der Waals surface area contributed by atoms with Crippen molar-refractivity contribution in [3.8, 4) is 17.3 Å². The minimum atomic E-state index is -0.186. The molecule has 2 aromatic heterocycles. The van der Waals surface area contributed by atoms with E-state index in [0.29, 0.717) is 37.0 Å². The highest BCUT2D eigenvalue weighted by Crippen LogP contribution is 2.24. The highest BCUT2D eigenvalue weighted by Gasteiger charge is 2.17. The topological polar surface area (TPSA) is 93.0 Å². The SMILES string of the molecule is CCOC(C)c1noc(CN(C)Cc2cn(C)nc2-c2ccc(C#N)cc2)n1. The Hall–Kier alpha value is -3.02. The number of nitrogens with zero attached hydrogens (tertiary/aromatic N) is 6. The van der Waals surface area contributed by atoms with E-state index in [4.69, 9.17) is 14.5 Å². The second-order valence-electron chi connectivity index (χ2n) is 6.68. The molecule has 28 heavy (non-hydrogen) atoms. The zero-order chi connectivity index (χ0) is 20.1. The zero-order valence-corrected chi connectivity index (χ0v) is 16.6. The average molecular weight is 380 g/mol. The van der Waals surface area contributed by atoms with Crippen molar-refractivity contribution >= 4 is 0 Å². The van der Waals surface area contributed by atoms with Gasteiger partial charge in [0.2, 0.25) is 5.89 Å². The third-order valence-electron chi connectivity index (χ3n) is 4.30. The van der Waals surface area contributed by atoms with Gasteiger partial charge in [0, 0.05) is 37.5 Å². The van der Waals surface area contributed by atoms with Crippen LogP contribution in [0.1, 0.15) is 42.8 Å². The van der Waals surface area contributed by atoms with Crippen molar-refractivity contribution in [3.63, 3.8) is 0 Å². The minimum absolute atomic E-state index is 0.186. The molecule has 0 aliphatic rings. The van der Waals surface area contributed by atoms with E-state index in [2.05, 4.69) is 26.2 Å². The molecule has 8 heteroatoms. The molecule has 0 fully saturated rings. The Bertz CT molecular complexity index is 954. The molecule has 0 radical (unpaired) electrons. The fourth-order valence-corrected chi connectivity index (χ4v) is 3.00. The van der Waals surface area contributed by atoms with E-state index in [1.807, 2.05) is 46.3 Å². The van der Waals surface area contributed by atoms with Gasteiger partial charge in [-0.15, -0.1) is 0 Å². The first-order chi connectivity index (χ1) is 13.5. The highest BCUT2D eigenvalue weighted by atomic mass is 16.5. The van der Waals surface area contributed by atoms with Crippen molar-refractivity contribution < 1.29 is 9.26 Å². The second-order valence-corrected chi connectivity index (χ2v) is 6.68. The molecule has 0 aliphatic carbocycles. The van der Waals surface area contributed by atoms with E-state index in [-0.39, 0.29) is 6.10 Å². The Morgan fingerprint density at radius 1 is 1.29 bits per heavy atom. The molecular weight excluding hydrogens is 356 g/mol. The van der Waals surface area contributed by atoms with Gasteiger partial charge in [-0.05, 0) is 33.0 Å². The van der Waals surface area contributed by atoms with Crippen LogP contribution in [0.25, 0.3) is 11.3 Å².